The number of piperazine rings is 1. The van der Waals surface area contributed by atoms with Crippen LogP contribution in [-0.2, 0) is 11.3 Å². The van der Waals surface area contributed by atoms with Crippen molar-refractivity contribution in [2.24, 2.45) is 0 Å². The van der Waals surface area contributed by atoms with Gasteiger partial charge in [0.1, 0.15) is 0 Å². The Morgan fingerprint density at radius 1 is 1.04 bits per heavy atom. The lowest BCUT2D eigenvalue weighted by Gasteiger charge is -2.36. The van der Waals surface area contributed by atoms with E-state index in [1.807, 2.05) is 9.80 Å². The fourth-order valence-corrected chi connectivity index (χ4v) is 4.17. The fraction of sp³-hybridized carbons (Fsp3) is 0.476. The zero-order valence-corrected chi connectivity index (χ0v) is 15.4. The summed E-state index contributed by atoms with van der Waals surface area (Å²) in [4.78, 5) is 29.0. The molecule has 140 valence electrons. The van der Waals surface area contributed by atoms with E-state index in [1.54, 1.807) is 6.20 Å². The first-order valence-electron chi connectivity index (χ1n) is 9.89. The molecule has 1 aliphatic heterocycles. The number of benzene rings is 1. The van der Waals surface area contributed by atoms with Crippen molar-refractivity contribution in [3.8, 4) is 0 Å². The molecule has 0 atom stereocenters. The first-order valence-corrected chi connectivity index (χ1v) is 9.89. The van der Waals surface area contributed by atoms with E-state index < -0.39 is 0 Å². The molecule has 2 heterocycles. The van der Waals surface area contributed by atoms with E-state index in [1.165, 1.54) is 24.0 Å². The molecule has 1 N–H and O–H groups in total. The van der Waals surface area contributed by atoms with Crippen LogP contribution in [0.1, 0.15) is 54.2 Å². The number of anilines is 1. The summed E-state index contributed by atoms with van der Waals surface area (Å²) in [5, 5.41) is 6.52. The molecule has 1 aromatic heterocycles. The summed E-state index contributed by atoms with van der Waals surface area (Å²) in [6, 6.07) is 8.51. The van der Waals surface area contributed by atoms with Crippen molar-refractivity contribution >= 4 is 11.6 Å². The normalized spacial score (nSPS) is 20.2. The van der Waals surface area contributed by atoms with Crippen LogP contribution in [0.5, 0.6) is 0 Å². The second-order valence-corrected chi connectivity index (χ2v) is 7.98. The van der Waals surface area contributed by atoms with Crippen LogP contribution in [-0.4, -0.2) is 40.6 Å². The van der Waals surface area contributed by atoms with Gasteiger partial charge in [-0.15, -0.1) is 0 Å². The van der Waals surface area contributed by atoms with Crippen LogP contribution in [0.3, 0.4) is 0 Å². The number of nitrogens with zero attached hydrogens (tertiary/aromatic N) is 3. The minimum atomic E-state index is -0.108. The van der Waals surface area contributed by atoms with E-state index in [4.69, 9.17) is 0 Å². The molecule has 2 saturated carbocycles. The van der Waals surface area contributed by atoms with Crippen LogP contribution in [0.15, 0.2) is 35.3 Å². The zero-order chi connectivity index (χ0) is 18.4. The SMILES string of the molecule is O=C1CN(c2cn[nH]c(=O)c2C2CC2)CCN1Cc1ccccc1C1CC1. The van der Waals surface area contributed by atoms with Crippen LogP contribution in [0.2, 0.25) is 0 Å². The number of hydrogen-bond acceptors (Lipinski definition) is 4. The van der Waals surface area contributed by atoms with Gasteiger partial charge in [0.2, 0.25) is 5.91 Å². The Balaban J connectivity index is 1.33. The maximum absolute atomic E-state index is 12.8. The number of H-pyrrole nitrogens is 1. The number of carbonyl (C=O) groups is 1. The molecule has 2 aromatic rings. The summed E-state index contributed by atoms with van der Waals surface area (Å²) in [5.74, 6) is 1.12. The highest BCUT2D eigenvalue weighted by Crippen LogP contribution is 2.43. The molecule has 0 radical (unpaired) electrons. The van der Waals surface area contributed by atoms with Crippen LogP contribution in [0.4, 0.5) is 5.69 Å². The van der Waals surface area contributed by atoms with E-state index in [0.717, 1.165) is 30.6 Å². The lowest BCUT2D eigenvalue weighted by molar-refractivity contribution is -0.131. The van der Waals surface area contributed by atoms with Gasteiger partial charge >= 0.3 is 0 Å². The van der Waals surface area contributed by atoms with Crippen molar-refractivity contribution in [2.75, 3.05) is 24.5 Å². The quantitative estimate of drug-likeness (QED) is 0.884. The Hall–Kier alpha value is -2.63. The molecule has 1 saturated heterocycles. The number of hydrogen-bond donors (Lipinski definition) is 1. The van der Waals surface area contributed by atoms with E-state index >= 15 is 0 Å². The van der Waals surface area contributed by atoms with Gasteiger partial charge in [-0.25, -0.2) is 5.10 Å². The summed E-state index contributed by atoms with van der Waals surface area (Å²) in [6.45, 7) is 2.41. The Kier molecular flexibility index (Phi) is 3.99. The Bertz CT molecular complexity index is 930. The molecule has 0 spiro atoms. The average molecular weight is 364 g/mol. The van der Waals surface area contributed by atoms with Crippen LogP contribution in [0, 0.1) is 0 Å². The van der Waals surface area contributed by atoms with Gasteiger partial charge in [-0.3, -0.25) is 9.59 Å². The van der Waals surface area contributed by atoms with E-state index in [2.05, 4.69) is 34.5 Å². The second-order valence-electron chi connectivity index (χ2n) is 7.98. The molecule has 2 aliphatic carbocycles. The maximum Gasteiger partial charge on any atom is 0.269 e. The van der Waals surface area contributed by atoms with Crippen LogP contribution >= 0.6 is 0 Å². The molecule has 27 heavy (non-hydrogen) atoms. The number of nitrogens with one attached hydrogen (secondary N) is 1. The van der Waals surface area contributed by atoms with Crippen molar-refractivity contribution < 1.29 is 4.79 Å². The van der Waals surface area contributed by atoms with Gasteiger partial charge in [0, 0.05) is 25.2 Å². The molecule has 1 amide bonds. The molecule has 3 aliphatic rings. The first-order chi connectivity index (χ1) is 13.2. The highest BCUT2D eigenvalue weighted by Gasteiger charge is 2.34. The second kappa shape index (κ2) is 6.51. The predicted octanol–water partition coefficient (Wildman–Crippen LogP) is 2.37. The standard InChI is InChI=1S/C21H24N4O2/c26-19-13-24(18-11-22-23-21(27)20(18)15-7-8-15)9-10-25(19)12-16-3-1-2-4-17(16)14-5-6-14/h1-4,11,14-15H,5-10,12-13H2,(H,23,27). The van der Waals surface area contributed by atoms with Crippen molar-refractivity contribution in [2.45, 2.75) is 44.1 Å². The summed E-state index contributed by atoms with van der Waals surface area (Å²) in [5.41, 5.74) is 4.22. The number of aromatic amines is 1. The highest BCUT2D eigenvalue weighted by atomic mass is 16.2. The maximum atomic E-state index is 12.8. The smallest absolute Gasteiger partial charge is 0.269 e. The van der Waals surface area contributed by atoms with E-state index in [-0.39, 0.29) is 11.5 Å². The summed E-state index contributed by atoms with van der Waals surface area (Å²) in [7, 11) is 0. The molecule has 6 heteroatoms. The van der Waals surface area contributed by atoms with E-state index in [0.29, 0.717) is 31.5 Å². The summed E-state index contributed by atoms with van der Waals surface area (Å²) >= 11 is 0. The molecular formula is C21H24N4O2. The zero-order valence-electron chi connectivity index (χ0n) is 15.4. The number of amides is 1. The molecule has 3 fully saturated rings. The lowest BCUT2D eigenvalue weighted by atomic mass is 10.0. The third-order valence-electron chi connectivity index (χ3n) is 5.95. The largest absolute Gasteiger partial charge is 0.359 e. The topological polar surface area (TPSA) is 69.3 Å². The van der Waals surface area contributed by atoms with Crippen molar-refractivity contribution in [1.82, 2.24) is 15.1 Å². The third kappa shape index (κ3) is 3.24. The Morgan fingerprint density at radius 3 is 2.56 bits per heavy atom. The predicted molar refractivity (Wildman–Crippen MR) is 103 cm³/mol. The minimum absolute atomic E-state index is 0.108. The summed E-state index contributed by atoms with van der Waals surface area (Å²) in [6.07, 6.45) is 6.33. The lowest BCUT2D eigenvalue weighted by Crippen LogP contribution is -2.50. The van der Waals surface area contributed by atoms with Crippen LogP contribution < -0.4 is 10.5 Å². The molecule has 5 rings (SSSR count). The third-order valence-corrected chi connectivity index (χ3v) is 5.95. The van der Waals surface area contributed by atoms with E-state index in [9.17, 15) is 9.59 Å². The first kappa shape index (κ1) is 16.5. The van der Waals surface area contributed by atoms with Gasteiger partial charge in [0.25, 0.3) is 5.56 Å². The minimum Gasteiger partial charge on any atom is -0.359 e. The monoisotopic (exact) mass is 364 g/mol. The van der Waals surface area contributed by atoms with Crippen molar-refractivity contribution in [3.63, 3.8) is 0 Å². The molecule has 6 nitrogen and oxygen atoms in total. The van der Waals surface area contributed by atoms with Gasteiger partial charge in [0.15, 0.2) is 0 Å². The highest BCUT2D eigenvalue weighted by molar-refractivity contribution is 5.83. The van der Waals surface area contributed by atoms with Crippen LogP contribution in [0.25, 0.3) is 0 Å². The van der Waals surface area contributed by atoms with Gasteiger partial charge in [-0.2, -0.15) is 5.10 Å². The molecule has 0 unspecified atom stereocenters. The molecular weight excluding hydrogens is 340 g/mol. The van der Waals surface area contributed by atoms with Gasteiger partial charge < -0.3 is 9.80 Å². The number of carbonyl (C=O) groups excluding carboxylic acids is 1. The van der Waals surface area contributed by atoms with Crippen molar-refractivity contribution in [1.29, 1.82) is 0 Å². The van der Waals surface area contributed by atoms with Gasteiger partial charge in [0.05, 0.1) is 18.4 Å². The molecule has 1 aromatic carbocycles. The summed E-state index contributed by atoms with van der Waals surface area (Å²) < 4.78 is 0. The Morgan fingerprint density at radius 2 is 1.81 bits per heavy atom. The van der Waals surface area contributed by atoms with Gasteiger partial charge in [-0.1, -0.05) is 24.3 Å². The van der Waals surface area contributed by atoms with Crippen molar-refractivity contribution in [3.05, 3.63) is 57.5 Å². The molecule has 0 bridgehead atoms. The average Bonchev–Trinajstić information content (AvgIpc) is 3.56. The number of rotatable bonds is 5. The Labute approximate surface area is 158 Å². The number of aromatic nitrogens is 2. The fourth-order valence-electron chi connectivity index (χ4n) is 4.17. The van der Waals surface area contributed by atoms with Gasteiger partial charge in [-0.05, 0) is 48.6 Å².